The Hall–Kier alpha value is -4.12. The fourth-order valence-electron chi connectivity index (χ4n) is 5.06. The van der Waals surface area contributed by atoms with Gasteiger partial charge in [-0.25, -0.2) is 0 Å². The van der Waals surface area contributed by atoms with Crippen molar-refractivity contribution in [3.8, 4) is 28.7 Å². The van der Waals surface area contributed by atoms with E-state index in [2.05, 4.69) is 0 Å². The fraction of sp³-hybridized carbons (Fsp3) is 0.172. The average molecular weight is 455 g/mol. The Kier molecular flexibility index (Phi) is 5.54. The summed E-state index contributed by atoms with van der Waals surface area (Å²) in [6.45, 7) is 0. The lowest BCUT2D eigenvalue weighted by Crippen LogP contribution is -2.10. The monoisotopic (exact) mass is 454 g/mol. The number of aryl methyl sites for hydroxylation is 1. The summed E-state index contributed by atoms with van der Waals surface area (Å²) in [6.07, 6.45) is 1.86. The van der Waals surface area contributed by atoms with Crippen LogP contribution in [0, 0.1) is 0 Å². The van der Waals surface area contributed by atoms with Crippen LogP contribution in [0.15, 0.2) is 72.8 Å². The van der Waals surface area contributed by atoms with Crippen molar-refractivity contribution < 1.29 is 25.2 Å². The lowest BCUT2D eigenvalue weighted by Gasteiger charge is -2.25. The predicted molar refractivity (Wildman–Crippen MR) is 130 cm³/mol. The molecule has 5 nitrogen and oxygen atoms in total. The van der Waals surface area contributed by atoms with Crippen LogP contribution in [0.5, 0.6) is 28.7 Å². The van der Waals surface area contributed by atoms with Crippen molar-refractivity contribution in [2.75, 3.05) is 7.11 Å². The fourth-order valence-corrected chi connectivity index (χ4v) is 5.06. The number of benzene rings is 4. The Labute approximate surface area is 198 Å². The normalized spacial score (nSPS) is 14.7. The van der Waals surface area contributed by atoms with Gasteiger partial charge in [0.15, 0.2) is 0 Å². The first-order chi connectivity index (χ1) is 16.4. The van der Waals surface area contributed by atoms with E-state index in [1.807, 2.05) is 30.3 Å². The summed E-state index contributed by atoms with van der Waals surface area (Å²) in [5, 5.41) is 40.8. The molecule has 0 saturated carbocycles. The van der Waals surface area contributed by atoms with Gasteiger partial charge in [-0.1, -0.05) is 30.3 Å². The van der Waals surface area contributed by atoms with Crippen LogP contribution >= 0.6 is 0 Å². The van der Waals surface area contributed by atoms with Crippen molar-refractivity contribution in [2.45, 2.75) is 25.2 Å². The maximum Gasteiger partial charge on any atom is 0.127 e. The van der Waals surface area contributed by atoms with Gasteiger partial charge < -0.3 is 25.2 Å². The second-order valence-electron chi connectivity index (χ2n) is 8.72. The molecule has 0 aromatic heterocycles. The van der Waals surface area contributed by atoms with Gasteiger partial charge in [0.2, 0.25) is 0 Å². The van der Waals surface area contributed by atoms with E-state index in [-0.39, 0.29) is 28.9 Å². The first kappa shape index (κ1) is 21.7. The van der Waals surface area contributed by atoms with Crippen LogP contribution in [-0.2, 0) is 19.3 Å². The molecule has 0 spiro atoms. The third-order valence-electron chi connectivity index (χ3n) is 6.67. The highest BCUT2D eigenvalue weighted by atomic mass is 16.5. The number of rotatable bonds is 4. The summed E-state index contributed by atoms with van der Waals surface area (Å²) in [5.74, 6) is 1.16. The molecule has 1 aliphatic rings. The zero-order valence-electron chi connectivity index (χ0n) is 18.8. The van der Waals surface area contributed by atoms with Gasteiger partial charge in [-0.3, -0.25) is 0 Å². The molecule has 1 atom stereocenters. The van der Waals surface area contributed by atoms with Gasteiger partial charge in [-0.2, -0.15) is 0 Å². The summed E-state index contributed by atoms with van der Waals surface area (Å²) in [6, 6.07) is 21.3. The highest BCUT2D eigenvalue weighted by Crippen LogP contribution is 2.47. The number of methoxy groups -OCH3 is 1. The van der Waals surface area contributed by atoms with Crippen LogP contribution in [0.3, 0.4) is 0 Å². The molecule has 4 aromatic carbocycles. The molecule has 4 aromatic rings. The molecule has 0 heterocycles. The molecule has 0 radical (unpaired) electrons. The molecule has 172 valence electrons. The second-order valence-corrected chi connectivity index (χ2v) is 8.72. The first-order valence-corrected chi connectivity index (χ1v) is 11.2. The molecule has 1 aliphatic carbocycles. The zero-order valence-corrected chi connectivity index (χ0v) is 18.8. The molecule has 5 heteroatoms. The number of ether oxygens (including phenoxy) is 1. The number of hydrogen-bond acceptors (Lipinski definition) is 5. The summed E-state index contributed by atoms with van der Waals surface area (Å²) in [4.78, 5) is 0. The number of phenols is 4. The maximum atomic E-state index is 11.0. The van der Waals surface area contributed by atoms with Gasteiger partial charge >= 0.3 is 0 Å². The number of aromatic hydroxyl groups is 4. The van der Waals surface area contributed by atoms with E-state index in [4.69, 9.17) is 4.74 Å². The Morgan fingerprint density at radius 2 is 1.41 bits per heavy atom. The summed E-state index contributed by atoms with van der Waals surface area (Å²) < 4.78 is 5.79. The van der Waals surface area contributed by atoms with Gasteiger partial charge in [0.25, 0.3) is 0 Å². The van der Waals surface area contributed by atoms with Crippen LogP contribution in [0.4, 0.5) is 0 Å². The van der Waals surface area contributed by atoms with E-state index in [1.54, 1.807) is 49.6 Å². The van der Waals surface area contributed by atoms with Crippen molar-refractivity contribution in [3.05, 3.63) is 112 Å². The summed E-state index contributed by atoms with van der Waals surface area (Å²) in [5.41, 5.74) is 6.85. The minimum absolute atomic E-state index is 0.168. The minimum atomic E-state index is -0.206. The number of fused-ring (bicyclic) bond motifs is 2. The second kappa shape index (κ2) is 8.67. The van der Waals surface area contributed by atoms with Crippen molar-refractivity contribution in [1.29, 1.82) is 0 Å². The third-order valence-corrected chi connectivity index (χ3v) is 6.67. The number of phenolic OH excluding ortho intramolecular Hbond substituents is 4. The predicted octanol–water partition coefficient (Wildman–Crippen LogP) is 5.39. The zero-order chi connectivity index (χ0) is 23.8. The molecule has 0 aliphatic heterocycles. The Bertz CT molecular complexity index is 1340. The van der Waals surface area contributed by atoms with E-state index in [0.717, 1.165) is 38.9 Å². The van der Waals surface area contributed by atoms with E-state index in [1.165, 1.54) is 0 Å². The smallest absolute Gasteiger partial charge is 0.127 e. The standard InChI is InChI=1S/C29H26O5/c1-34-27-16-26(33)25(14-17-2-7-20(30)8-3-17)24-12-6-19-15-22(32)11-13-23(19)28(29(24)27)18-4-9-21(31)10-5-18/h2-5,7-11,13,15-16,28,30-33H,6,12,14H2,1H3. The highest BCUT2D eigenvalue weighted by molar-refractivity contribution is 5.63. The topological polar surface area (TPSA) is 90.2 Å². The molecule has 0 amide bonds. The Morgan fingerprint density at radius 3 is 2.09 bits per heavy atom. The summed E-state index contributed by atoms with van der Waals surface area (Å²) >= 11 is 0. The van der Waals surface area contributed by atoms with E-state index < -0.39 is 0 Å². The van der Waals surface area contributed by atoms with Crippen molar-refractivity contribution in [3.63, 3.8) is 0 Å². The molecule has 0 bridgehead atoms. The summed E-state index contributed by atoms with van der Waals surface area (Å²) in [7, 11) is 1.60. The molecule has 4 N–H and O–H groups in total. The third kappa shape index (κ3) is 3.90. The highest BCUT2D eigenvalue weighted by Gasteiger charge is 2.31. The van der Waals surface area contributed by atoms with Crippen LogP contribution in [0.2, 0.25) is 0 Å². The van der Waals surface area contributed by atoms with Crippen molar-refractivity contribution in [2.24, 2.45) is 0 Å². The van der Waals surface area contributed by atoms with Gasteiger partial charge in [0, 0.05) is 29.5 Å². The average Bonchev–Trinajstić information content (AvgIpc) is 2.99. The molecule has 1 unspecified atom stereocenters. The van der Waals surface area contributed by atoms with Gasteiger partial charge in [-0.05, 0) is 77.1 Å². The first-order valence-electron chi connectivity index (χ1n) is 11.2. The molecular weight excluding hydrogens is 428 g/mol. The van der Waals surface area contributed by atoms with E-state index in [0.29, 0.717) is 25.0 Å². The van der Waals surface area contributed by atoms with Crippen LogP contribution < -0.4 is 4.74 Å². The number of hydrogen-bond donors (Lipinski definition) is 4. The SMILES string of the molecule is COc1cc(O)c(Cc2ccc(O)cc2)c2c1C(c1ccc(O)cc1)c1ccc(O)cc1CC2. The van der Waals surface area contributed by atoms with Crippen LogP contribution in [0.25, 0.3) is 0 Å². The van der Waals surface area contributed by atoms with Gasteiger partial charge in [0.1, 0.15) is 28.7 Å². The minimum Gasteiger partial charge on any atom is -0.508 e. The van der Waals surface area contributed by atoms with Crippen LogP contribution in [-0.4, -0.2) is 27.5 Å². The molecule has 0 fully saturated rings. The lowest BCUT2D eigenvalue weighted by atomic mass is 9.80. The quantitative estimate of drug-likeness (QED) is 0.332. The van der Waals surface area contributed by atoms with E-state index >= 15 is 0 Å². The molecule has 5 rings (SSSR count). The Morgan fingerprint density at radius 1 is 0.765 bits per heavy atom. The van der Waals surface area contributed by atoms with Crippen molar-refractivity contribution in [1.82, 2.24) is 0 Å². The molecule has 34 heavy (non-hydrogen) atoms. The maximum absolute atomic E-state index is 11.0. The molecular formula is C29H26O5. The van der Waals surface area contributed by atoms with Gasteiger partial charge in [-0.15, -0.1) is 0 Å². The molecule has 0 saturated heterocycles. The van der Waals surface area contributed by atoms with Crippen LogP contribution in [0.1, 0.15) is 44.9 Å². The lowest BCUT2D eigenvalue weighted by molar-refractivity contribution is 0.400. The van der Waals surface area contributed by atoms with Crippen molar-refractivity contribution >= 4 is 0 Å². The Balaban J connectivity index is 1.76. The largest absolute Gasteiger partial charge is 0.508 e. The van der Waals surface area contributed by atoms with E-state index in [9.17, 15) is 20.4 Å². The van der Waals surface area contributed by atoms with Gasteiger partial charge in [0.05, 0.1) is 7.11 Å².